The van der Waals surface area contributed by atoms with Crippen molar-refractivity contribution in [3.63, 3.8) is 0 Å². The molecule has 2 aromatic heterocycles. The topological polar surface area (TPSA) is 76.2 Å². The van der Waals surface area contributed by atoms with Crippen LogP contribution in [0.5, 0.6) is 11.5 Å². The summed E-state index contributed by atoms with van der Waals surface area (Å²) >= 11 is 6.48. The summed E-state index contributed by atoms with van der Waals surface area (Å²) in [4.78, 5) is 19.6. The maximum Gasteiger partial charge on any atom is 0.260 e. The van der Waals surface area contributed by atoms with Crippen molar-refractivity contribution < 1.29 is 14.3 Å². The summed E-state index contributed by atoms with van der Waals surface area (Å²) in [5.41, 5.74) is 2.07. The number of carbonyl (C=O) groups excluding carboxylic acids is 1. The zero-order chi connectivity index (χ0) is 17.2. The van der Waals surface area contributed by atoms with Crippen LogP contribution >= 0.6 is 23.6 Å². The first-order valence-electron chi connectivity index (χ1n) is 7.55. The van der Waals surface area contributed by atoms with Crippen LogP contribution in [0.1, 0.15) is 10.4 Å². The summed E-state index contributed by atoms with van der Waals surface area (Å²) in [6, 6.07) is 9.08. The lowest BCUT2D eigenvalue weighted by Gasteiger charge is -2.18. The fourth-order valence-corrected chi connectivity index (χ4v) is 3.37. The van der Waals surface area contributed by atoms with E-state index >= 15 is 0 Å². The molecule has 0 saturated carbocycles. The third-order valence-corrected chi connectivity index (χ3v) is 4.72. The van der Waals surface area contributed by atoms with Gasteiger partial charge in [0.25, 0.3) is 5.91 Å². The standard InChI is InChI=1S/C17H13N3O3S2/c21-15(11-2-1-5-18-16(11)24)20-17-19-12(9-25-17)10-3-4-13-14(8-10)23-7-6-22-13/h1-5,8-9H,6-7H2,(H,18,24)(H,19,20,21). The number of anilines is 1. The number of aromatic amines is 1. The fourth-order valence-electron chi connectivity index (χ4n) is 2.43. The van der Waals surface area contributed by atoms with E-state index in [-0.39, 0.29) is 5.91 Å². The normalized spacial score (nSPS) is 12.6. The lowest BCUT2D eigenvalue weighted by Crippen LogP contribution is -2.15. The average Bonchev–Trinajstić information content (AvgIpc) is 3.10. The third kappa shape index (κ3) is 3.26. The van der Waals surface area contributed by atoms with E-state index in [4.69, 9.17) is 21.7 Å². The summed E-state index contributed by atoms with van der Waals surface area (Å²) < 4.78 is 11.5. The van der Waals surface area contributed by atoms with E-state index in [0.717, 1.165) is 17.0 Å². The molecule has 0 fully saturated rings. The second-order valence-corrected chi connectivity index (χ2v) is 6.53. The monoisotopic (exact) mass is 371 g/mol. The van der Waals surface area contributed by atoms with E-state index in [1.807, 2.05) is 23.6 Å². The highest BCUT2D eigenvalue weighted by molar-refractivity contribution is 7.71. The summed E-state index contributed by atoms with van der Waals surface area (Å²) in [7, 11) is 0. The maximum absolute atomic E-state index is 12.3. The summed E-state index contributed by atoms with van der Waals surface area (Å²) in [6.45, 7) is 1.09. The molecule has 0 bridgehead atoms. The molecule has 0 unspecified atom stereocenters. The summed E-state index contributed by atoms with van der Waals surface area (Å²) in [5, 5.41) is 5.17. The molecule has 6 nitrogen and oxygen atoms in total. The number of fused-ring (bicyclic) bond motifs is 1. The molecule has 0 radical (unpaired) electrons. The Hall–Kier alpha value is -2.71. The number of aromatic nitrogens is 2. The van der Waals surface area contributed by atoms with Crippen molar-refractivity contribution in [1.82, 2.24) is 9.97 Å². The van der Waals surface area contributed by atoms with Crippen molar-refractivity contribution in [2.24, 2.45) is 0 Å². The van der Waals surface area contributed by atoms with Gasteiger partial charge in [-0.25, -0.2) is 4.98 Å². The van der Waals surface area contributed by atoms with E-state index in [1.165, 1.54) is 11.3 Å². The van der Waals surface area contributed by atoms with Crippen LogP contribution in [-0.2, 0) is 0 Å². The molecule has 1 aliphatic rings. The van der Waals surface area contributed by atoms with Crippen LogP contribution < -0.4 is 14.8 Å². The molecule has 25 heavy (non-hydrogen) atoms. The highest BCUT2D eigenvalue weighted by Gasteiger charge is 2.15. The zero-order valence-electron chi connectivity index (χ0n) is 12.9. The number of carbonyl (C=O) groups is 1. The van der Waals surface area contributed by atoms with Gasteiger partial charge in [0.15, 0.2) is 16.6 Å². The first-order chi connectivity index (χ1) is 12.2. The van der Waals surface area contributed by atoms with Gasteiger partial charge in [-0.1, -0.05) is 12.2 Å². The van der Waals surface area contributed by atoms with Crippen molar-refractivity contribution in [3.8, 4) is 22.8 Å². The molecule has 0 atom stereocenters. The Bertz CT molecular complexity index is 997. The van der Waals surface area contributed by atoms with Crippen LogP contribution in [0.3, 0.4) is 0 Å². The van der Waals surface area contributed by atoms with Gasteiger partial charge in [-0.2, -0.15) is 0 Å². The number of H-pyrrole nitrogens is 1. The van der Waals surface area contributed by atoms with E-state index in [0.29, 0.717) is 34.3 Å². The Kier molecular flexibility index (Phi) is 4.21. The zero-order valence-corrected chi connectivity index (χ0v) is 14.6. The second kappa shape index (κ2) is 6.66. The number of ether oxygens (including phenoxy) is 2. The van der Waals surface area contributed by atoms with Crippen LogP contribution in [0.2, 0.25) is 0 Å². The molecule has 0 spiro atoms. The Morgan fingerprint density at radius 2 is 2.08 bits per heavy atom. The van der Waals surface area contributed by atoms with Gasteiger partial charge in [-0.05, 0) is 30.3 Å². The molecule has 8 heteroatoms. The Morgan fingerprint density at radius 1 is 1.24 bits per heavy atom. The van der Waals surface area contributed by atoms with E-state index in [9.17, 15) is 4.79 Å². The number of amides is 1. The number of pyridine rings is 1. The minimum atomic E-state index is -0.287. The Balaban J connectivity index is 1.55. The van der Waals surface area contributed by atoms with Gasteiger partial charge in [0.05, 0.1) is 11.3 Å². The van der Waals surface area contributed by atoms with Gasteiger partial charge in [-0.15, -0.1) is 11.3 Å². The fraction of sp³-hybridized carbons (Fsp3) is 0.118. The van der Waals surface area contributed by atoms with E-state index in [1.54, 1.807) is 18.3 Å². The molecule has 2 N–H and O–H groups in total. The minimum absolute atomic E-state index is 0.287. The number of hydrogen-bond donors (Lipinski definition) is 2. The maximum atomic E-state index is 12.3. The number of nitrogens with zero attached hydrogens (tertiary/aromatic N) is 1. The number of benzene rings is 1. The molecule has 126 valence electrons. The smallest absolute Gasteiger partial charge is 0.260 e. The second-order valence-electron chi connectivity index (χ2n) is 5.26. The minimum Gasteiger partial charge on any atom is -0.486 e. The number of rotatable bonds is 3. The molecular formula is C17H13N3O3S2. The van der Waals surface area contributed by atoms with Crippen molar-refractivity contribution in [1.29, 1.82) is 0 Å². The Labute approximate surface area is 152 Å². The van der Waals surface area contributed by atoms with Crippen LogP contribution in [0.25, 0.3) is 11.3 Å². The molecule has 1 aliphatic heterocycles. The predicted octanol–water partition coefficient (Wildman–Crippen LogP) is 3.89. The van der Waals surface area contributed by atoms with Crippen molar-refractivity contribution in [3.05, 3.63) is 52.1 Å². The van der Waals surface area contributed by atoms with Gasteiger partial charge in [-0.3, -0.25) is 10.1 Å². The molecule has 3 heterocycles. The molecule has 3 aromatic rings. The molecule has 4 rings (SSSR count). The van der Waals surface area contributed by atoms with E-state index in [2.05, 4.69) is 15.3 Å². The SMILES string of the molecule is O=C(Nc1nc(-c2ccc3c(c2)OCCO3)cs1)c1ccc[nH]c1=S. The third-order valence-electron chi connectivity index (χ3n) is 3.63. The molecular weight excluding hydrogens is 358 g/mol. The van der Waals surface area contributed by atoms with Gasteiger partial charge >= 0.3 is 0 Å². The van der Waals surface area contributed by atoms with Gasteiger partial charge in [0.1, 0.15) is 17.9 Å². The highest BCUT2D eigenvalue weighted by Crippen LogP contribution is 2.35. The van der Waals surface area contributed by atoms with E-state index < -0.39 is 0 Å². The van der Waals surface area contributed by atoms with Gasteiger partial charge in [0, 0.05) is 17.1 Å². The molecule has 1 amide bonds. The molecule has 0 saturated heterocycles. The van der Waals surface area contributed by atoms with Crippen molar-refractivity contribution >= 4 is 34.6 Å². The predicted molar refractivity (Wildman–Crippen MR) is 98.1 cm³/mol. The largest absolute Gasteiger partial charge is 0.486 e. The number of nitrogens with one attached hydrogen (secondary N) is 2. The number of thiazole rings is 1. The average molecular weight is 371 g/mol. The first kappa shape index (κ1) is 15.8. The molecule has 1 aromatic carbocycles. The van der Waals surface area contributed by atoms with Crippen molar-refractivity contribution in [2.45, 2.75) is 0 Å². The van der Waals surface area contributed by atoms with Crippen LogP contribution in [0.4, 0.5) is 5.13 Å². The summed E-state index contributed by atoms with van der Waals surface area (Å²) in [5.74, 6) is 1.15. The lowest BCUT2D eigenvalue weighted by molar-refractivity contribution is 0.102. The van der Waals surface area contributed by atoms with Crippen molar-refractivity contribution in [2.75, 3.05) is 18.5 Å². The number of hydrogen-bond acceptors (Lipinski definition) is 6. The van der Waals surface area contributed by atoms with Crippen LogP contribution in [0.15, 0.2) is 41.9 Å². The van der Waals surface area contributed by atoms with Gasteiger partial charge in [0.2, 0.25) is 0 Å². The highest BCUT2D eigenvalue weighted by atomic mass is 32.1. The lowest BCUT2D eigenvalue weighted by atomic mass is 10.1. The summed E-state index contributed by atoms with van der Waals surface area (Å²) in [6.07, 6.45) is 1.68. The molecule has 0 aliphatic carbocycles. The first-order valence-corrected chi connectivity index (χ1v) is 8.84. The van der Waals surface area contributed by atoms with Crippen LogP contribution in [0, 0.1) is 4.64 Å². The Morgan fingerprint density at radius 3 is 2.92 bits per heavy atom. The van der Waals surface area contributed by atoms with Gasteiger partial charge < -0.3 is 14.5 Å². The van der Waals surface area contributed by atoms with Crippen LogP contribution in [-0.4, -0.2) is 29.1 Å². The quantitative estimate of drug-likeness (QED) is 0.683.